The van der Waals surface area contributed by atoms with Gasteiger partial charge >= 0.3 is 23.9 Å². The highest BCUT2D eigenvalue weighted by molar-refractivity contribution is 9.10. The van der Waals surface area contributed by atoms with E-state index in [0.29, 0.717) is 6.07 Å². The molecule has 0 N–H and O–H groups in total. The van der Waals surface area contributed by atoms with Crippen molar-refractivity contribution in [3.05, 3.63) is 57.6 Å². The van der Waals surface area contributed by atoms with Crippen LogP contribution in [0, 0.1) is 13.0 Å². The molecule has 10 heteroatoms. The molecule has 0 aliphatic carbocycles. The Bertz CT molecular complexity index is 900. The average Bonchev–Trinajstić information content (AvgIpc) is 2.59. The second kappa shape index (κ2) is 7.52. The molecule has 0 aliphatic heterocycles. The van der Waals surface area contributed by atoms with Gasteiger partial charge in [0.2, 0.25) is 0 Å². The van der Waals surface area contributed by atoms with E-state index in [-0.39, 0.29) is 27.6 Å². The lowest BCUT2D eigenvalue weighted by Gasteiger charge is -2.37. The zero-order valence-electron chi connectivity index (χ0n) is 14.9. The number of hydrogen-bond acceptors (Lipinski definition) is 0. The maximum atomic E-state index is 15.2. The van der Waals surface area contributed by atoms with Crippen molar-refractivity contribution in [2.24, 2.45) is 0 Å². The number of halogens is 10. The highest BCUT2D eigenvalue weighted by Crippen LogP contribution is 2.60. The second-order valence-corrected chi connectivity index (χ2v) is 7.09. The summed E-state index contributed by atoms with van der Waals surface area (Å²) in [7, 11) is 0. The van der Waals surface area contributed by atoms with Gasteiger partial charge in [-0.3, -0.25) is 0 Å². The van der Waals surface area contributed by atoms with E-state index in [0.717, 1.165) is 0 Å². The predicted octanol–water partition coefficient (Wildman–Crippen LogP) is 7.71. The Morgan fingerprint density at radius 3 is 1.90 bits per heavy atom. The molecular weight excluding hydrogens is 479 g/mol. The second-order valence-electron chi connectivity index (χ2n) is 6.29. The predicted molar refractivity (Wildman–Crippen MR) is 92.4 cm³/mol. The van der Waals surface area contributed by atoms with Gasteiger partial charge in [-0.05, 0) is 46.0 Å². The molecule has 0 heterocycles. The summed E-state index contributed by atoms with van der Waals surface area (Å²) < 4.78 is 123. The van der Waals surface area contributed by atoms with E-state index in [1.54, 1.807) is 0 Å². The molecule has 29 heavy (non-hydrogen) atoms. The third-order valence-corrected chi connectivity index (χ3v) is 5.02. The van der Waals surface area contributed by atoms with E-state index < -0.39 is 35.1 Å². The average molecular weight is 492 g/mol. The molecule has 0 saturated carbocycles. The SMILES string of the molecule is CCc1[c]c(Br)c(-c2ccccc2C)c(C(F)(C(F)(F)F)C(F)(F)C(F)(F)F)c1. The van der Waals surface area contributed by atoms with Crippen LogP contribution in [0.4, 0.5) is 39.5 Å². The van der Waals surface area contributed by atoms with E-state index in [9.17, 15) is 35.1 Å². The maximum Gasteiger partial charge on any atom is 0.457 e. The molecular formula is C19H13BrF9. The molecule has 0 fully saturated rings. The molecule has 0 bridgehead atoms. The topological polar surface area (TPSA) is 0 Å². The fraction of sp³-hybridized carbons (Fsp3) is 0.368. The maximum absolute atomic E-state index is 15.2. The summed E-state index contributed by atoms with van der Waals surface area (Å²) in [5.41, 5.74) is -8.71. The molecule has 1 atom stereocenters. The van der Waals surface area contributed by atoms with Crippen molar-refractivity contribution in [1.29, 1.82) is 0 Å². The molecule has 2 rings (SSSR count). The van der Waals surface area contributed by atoms with Gasteiger partial charge in [0.15, 0.2) is 0 Å². The highest BCUT2D eigenvalue weighted by atomic mass is 79.9. The fourth-order valence-corrected chi connectivity index (χ4v) is 3.56. The number of rotatable bonds is 4. The zero-order chi connectivity index (χ0) is 22.4. The van der Waals surface area contributed by atoms with Gasteiger partial charge in [-0.2, -0.15) is 35.1 Å². The molecule has 0 nitrogen and oxygen atoms in total. The van der Waals surface area contributed by atoms with Crippen LogP contribution in [0.2, 0.25) is 0 Å². The molecule has 1 radical (unpaired) electrons. The first-order chi connectivity index (χ1) is 13.1. The summed E-state index contributed by atoms with van der Waals surface area (Å²) >= 11 is 2.87. The molecule has 0 aliphatic rings. The van der Waals surface area contributed by atoms with Crippen molar-refractivity contribution < 1.29 is 39.5 Å². The Hall–Kier alpha value is -1.71. The number of aryl methyl sites for hydroxylation is 2. The molecule has 0 aromatic heterocycles. The van der Waals surface area contributed by atoms with E-state index >= 15 is 4.39 Å². The summed E-state index contributed by atoms with van der Waals surface area (Å²) in [5.74, 6) is -6.75. The highest BCUT2D eigenvalue weighted by Gasteiger charge is 2.82. The van der Waals surface area contributed by atoms with E-state index in [1.807, 2.05) is 0 Å². The van der Waals surface area contributed by atoms with E-state index in [4.69, 9.17) is 0 Å². The van der Waals surface area contributed by atoms with Crippen LogP contribution in [0.15, 0.2) is 34.8 Å². The fourth-order valence-electron chi connectivity index (χ4n) is 2.88. The van der Waals surface area contributed by atoms with Gasteiger partial charge in [0.05, 0.1) is 0 Å². The lowest BCUT2D eigenvalue weighted by atomic mass is 9.81. The lowest BCUT2D eigenvalue weighted by Crippen LogP contribution is -2.60. The number of hydrogen-bond donors (Lipinski definition) is 0. The first kappa shape index (κ1) is 23.6. The van der Waals surface area contributed by atoms with Gasteiger partial charge < -0.3 is 0 Å². The number of alkyl halides is 9. The zero-order valence-corrected chi connectivity index (χ0v) is 16.5. The van der Waals surface area contributed by atoms with Gasteiger partial charge in [0, 0.05) is 21.7 Å². The third kappa shape index (κ3) is 3.75. The van der Waals surface area contributed by atoms with Gasteiger partial charge in [0.25, 0.3) is 0 Å². The normalized spacial score (nSPS) is 15.3. The molecule has 2 aromatic rings. The molecule has 0 saturated heterocycles. The van der Waals surface area contributed by atoms with Gasteiger partial charge in [-0.15, -0.1) is 0 Å². The Kier molecular flexibility index (Phi) is 6.11. The minimum absolute atomic E-state index is 0.0782. The van der Waals surface area contributed by atoms with Crippen LogP contribution >= 0.6 is 15.9 Å². The Morgan fingerprint density at radius 1 is 0.897 bits per heavy atom. The monoisotopic (exact) mass is 491 g/mol. The van der Waals surface area contributed by atoms with Crippen LogP contribution in [0.1, 0.15) is 23.6 Å². The van der Waals surface area contributed by atoms with Crippen molar-refractivity contribution in [3.63, 3.8) is 0 Å². The Balaban J connectivity index is 3.06. The van der Waals surface area contributed by atoms with Crippen molar-refractivity contribution in [3.8, 4) is 11.1 Å². The van der Waals surface area contributed by atoms with Crippen LogP contribution in [-0.2, 0) is 12.1 Å². The largest absolute Gasteiger partial charge is 0.457 e. The van der Waals surface area contributed by atoms with Gasteiger partial charge in [0.1, 0.15) is 0 Å². The minimum atomic E-state index is -6.79. The van der Waals surface area contributed by atoms with Crippen molar-refractivity contribution in [1.82, 2.24) is 0 Å². The van der Waals surface area contributed by atoms with Crippen LogP contribution in [0.25, 0.3) is 11.1 Å². The molecule has 0 amide bonds. The van der Waals surface area contributed by atoms with Crippen molar-refractivity contribution in [2.75, 3.05) is 0 Å². The summed E-state index contributed by atoms with van der Waals surface area (Å²) in [6, 6.07) is 8.33. The molecule has 159 valence electrons. The standard InChI is InChI=1S/C19H13BrF9/c1-3-11-8-13(15(14(20)9-11)12-7-5-4-6-10(12)2)16(21,18(24,25)26)17(22,23)19(27,28)29/h4-8H,3H2,1-2H3. The smallest absolute Gasteiger partial charge is 0.221 e. The quantitative estimate of drug-likeness (QED) is 0.384. The lowest BCUT2D eigenvalue weighted by molar-refractivity contribution is -0.389. The first-order valence-electron chi connectivity index (χ1n) is 8.11. The van der Waals surface area contributed by atoms with Crippen LogP contribution < -0.4 is 0 Å². The van der Waals surface area contributed by atoms with Gasteiger partial charge in [-0.25, -0.2) is 4.39 Å². The van der Waals surface area contributed by atoms with Gasteiger partial charge in [-0.1, -0.05) is 37.3 Å². The first-order valence-corrected chi connectivity index (χ1v) is 8.90. The summed E-state index contributed by atoms with van der Waals surface area (Å²) in [5, 5.41) is 0. The van der Waals surface area contributed by atoms with Crippen LogP contribution in [0.5, 0.6) is 0 Å². The Morgan fingerprint density at radius 2 is 1.45 bits per heavy atom. The van der Waals surface area contributed by atoms with E-state index in [1.165, 1.54) is 38.1 Å². The summed E-state index contributed by atoms with van der Waals surface area (Å²) in [6.07, 6.45) is -13.4. The minimum Gasteiger partial charge on any atom is -0.221 e. The van der Waals surface area contributed by atoms with Crippen molar-refractivity contribution >= 4 is 15.9 Å². The molecule has 2 aromatic carbocycles. The molecule has 0 spiro atoms. The number of benzene rings is 2. The van der Waals surface area contributed by atoms with Crippen LogP contribution in [0.3, 0.4) is 0 Å². The van der Waals surface area contributed by atoms with E-state index in [2.05, 4.69) is 22.0 Å². The molecule has 1 unspecified atom stereocenters. The summed E-state index contributed by atoms with van der Waals surface area (Å²) in [4.78, 5) is 0. The van der Waals surface area contributed by atoms with Crippen molar-refractivity contribution in [2.45, 2.75) is 44.2 Å². The summed E-state index contributed by atoms with van der Waals surface area (Å²) in [6.45, 7) is 2.81. The Labute approximate surface area is 168 Å². The van der Waals surface area contributed by atoms with Crippen LogP contribution in [-0.4, -0.2) is 18.3 Å². The third-order valence-electron chi connectivity index (χ3n) is 4.42.